The summed E-state index contributed by atoms with van der Waals surface area (Å²) in [4.78, 5) is 26.2. The number of ether oxygens (including phenoxy) is 1. The Morgan fingerprint density at radius 1 is 1.12 bits per heavy atom. The molecule has 1 aromatic heterocycles. The van der Waals surface area contributed by atoms with E-state index in [1.165, 1.54) is 34.2 Å². The minimum Gasteiger partial charge on any atom is -0.475 e. The number of carbonyl (C=O) groups is 1. The van der Waals surface area contributed by atoms with E-state index in [2.05, 4.69) is 71.1 Å². The van der Waals surface area contributed by atoms with Crippen molar-refractivity contribution in [3.8, 4) is 11.9 Å². The molecule has 9 heteroatoms. The van der Waals surface area contributed by atoms with Crippen molar-refractivity contribution in [1.82, 2.24) is 14.8 Å². The van der Waals surface area contributed by atoms with Gasteiger partial charge in [0.25, 0.3) is 0 Å². The number of halogens is 1. The van der Waals surface area contributed by atoms with E-state index in [9.17, 15) is 14.4 Å². The molecule has 2 fully saturated rings. The van der Waals surface area contributed by atoms with Gasteiger partial charge in [0, 0.05) is 61.5 Å². The van der Waals surface area contributed by atoms with Crippen molar-refractivity contribution in [3.05, 3.63) is 70.9 Å². The first-order chi connectivity index (χ1) is 21.0. The number of piperazine rings is 1. The number of likely N-dealkylation sites (tertiary alicyclic amines) is 1. The predicted octanol–water partition coefficient (Wildman–Crippen LogP) is 4.62. The minimum absolute atomic E-state index is 0.180. The third kappa shape index (κ3) is 5.76. The average molecular weight is 583 g/mol. The molecule has 224 valence electrons. The zero-order valence-electron chi connectivity index (χ0n) is 25.1. The highest BCUT2D eigenvalue weighted by Crippen LogP contribution is 2.39. The summed E-state index contributed by atoms with van der Waals surface area (Å²) in [6.45, 7) is 6.63. The normalized spacial score (nSPS) is 19.2. The number of hydrogen-bond donors (Lipinski definition) is 0. The molecular weight excluding hydrogens is 543 g/mol. The fraction of sp³-hybridized carbons (Fsp3) is 0.441. The van der Waals surface area contributed by atoms with Gasteiger partial charge in [-0.2, -0.15) is 5.26 Å². The van der Waals surface area contributed by atoms with Crippen LogP contribution in [-0.2, 0) is 17.8 Å². The molecule has 3 aliphatic rings. The maximum absolute atomic E-state index is 12.6. The van der Waals surface area contributed by atoms with Gasteiger partial charge in [-0.05, 0) is 62.9 Å². The maximum atomic E-state index is 12.6. The van der Waals surface area contributed by atoms with E-state index in [1.54, 1.807) is 4.90 Å². The Labute approximate surface area is 252 Å². The van der Waals surface area contributed by atoms with Gasteiger partial charge in [0.1, 0.15) is 24.9 Å². The second kappa shape index (κ2) is 12.6. The number of pyridine rings is 1. The first-order valence-electron chi connectivity index (χ1n) is 15.3. The van der Waals surface area contributed by atoms with Gasteiger partial charge in [0.2, 0.25) is 11.8 Å². The van der Waals surface area contributed by atoms with Crippen molar-refractivity contribution in [1.29, 1.82) is 5.26 Å². The number of rotatable bonds is 7. The average Bonchev–Trinajstić information content (AvgIpc) is 3.45. The standard InChI is InChI=1S/C34H39FN6O2/c1-24-7-3-8-25-9-4-11-30(32(24)25)41-16-13-27-29(22-41)37-34(43-23-26-10-6-15-38(26)2)28(21-36)33(27)40-19-17-39(18-20-40)31(42)12-5-14-35/h3-5,7-9,11-12,26H,6,10,13-20,22-23H2,1-2H3/b12-5+/t26-/m0/s1. The quantitative estimate of drug-likeness (QED) is 0.376. The molecule has 3 aromatic rings. The molecule has 1 atom stereocenters. The van der Waals surface area contributed by atoms with Gasteiger partial charge in [-0.3, -0.25) is 4.79 Å². The van der Waals surface area contributed by atoms with Crippen molar-refractivity contribution in [2.24, 2.45) is 0 Å². The lowest BCUT2D eigenvalue weighted by Gasteiger charge is -2.39. The van der Waals surface area contributed by atoms with E-state index in [1.807, 2.05) is 0 Å². The Morgan fingerprint density at radius 3 is 2.63 bits per heavy atom. The number of hydrogen-bond acceptors (Lipinski definition) is 7. The number of benzene rings is 2. The summed E-state index contributed by atoms with van der Waals surface area (Å²) in [5, 5.41) is 12.9. The second-order valence-corrected chi connectivity index (χ2v) is 11.8. The first-order valence-corrected chi connectivity index (χ1v) is 15.3. The Balaban J connectivity index is 1.35. The highest BCUT2D eigenvalue weighted by Gasteiger charge is 2.32. The molecule has 0 saturated carbocycles. The van der Waals surface area contributed by atoms with Crippen molar-refractivity contribution in [3.63, 3.8) is 0 Å². The monoisotopic (exact) mass is 582 g/mol. The van der Waals surface area contributed by atoms with Crippen LogP contribution >= 0.6 is 0 Å². The molecule has 2 aromatic carbocycles. The van der Waals surface area contributed by atoms with Crippen LogP contribution in [0.4, 0.5) is 15.8 Å². The lowest BCUT2D eigenvalue weighted by atomic mass is 9.96. The lowest BCUT2D eigenvalue weighted by Crippen LogP contribution is -2.49. The number of fused-ring (bicyclic) bond motifs is 2. The number of aryl methyl sites for hydroxylation is 1. The number of alkyl halides is 1. The number of nitrogens with zero attached hydrogens (tertiary/aromatic N) is 6. The number of allylic oxidation sites excluding steroid dienone is 1. The summed E-state index contributed by atoms with van der Waals surface area (Å²) in [5.41, 5.74) is 5.83. The van der Waals surface area contributed by atoms with Crippen LogP contribution in [0.3, 0.4) is 0 Å². The van der Waals surface area contributed by atoms with Crippen molar-refractivity contribution in [2.45, 2.75) is 38.8 Å². The number of carbonyl (C=O) groups excluding carboxylic acids is 1. The number of anilines is 2. The highest BCUT2D eigenvalue weighted by atomic mass is 19.1. The van der Waals surface area contributed by atoms with E-state index in [0.29, 0.717) is 56.8 Å². The summed E-state index contributed by atoms with van der Waals surface area (Å²) >= 11 is 0. The van der Waals surface area contributed by atoms with Crippen molar-refractivity contribution in [2.75, 3.05) is 69.4 Å². The lowest BCUT2D eigenvalue weighted by molar-refractivity contribution is -0.126. The van der Waals surface area contributed by atoms with E-state index in [0.717, 1.165) is 49.3 Å². The van der Waals surface area contributed by atoms with Crippen LogP contribution in [-0.4, -0.2) is 86.3 Å². The van der Waals surface area contributed by atoms with Crippen molar-refractivity contribution < 1.29 is 13.9 Å². The van der Waals surface area contributed by atoms with Crippen molar-refractivity contribution >= 4 is 28.1 Å². The molecule has 6 rings (SSSR count). The molecule has 0 N–H and O–H groups in total. The number of likely N-dealkylation sites (N-methyl/N-ethyl adjacent to an activating group) is 1. The van der Waals surface area contributed by atoms with Gasteiger partial charge in [-0.1, -0.05) is 30.3 Å². The molecule has 1 amide bonds. The van der Waals surface area contributed by atoms with Crippen LogP contribution in [0.25, 0.3) is 10.8 Å². The number of aromatic nitrogens is 1. The highest BCUT2D eigenvalue weighted by molar-refractivity contribution is 5.97. The first kappa shape index (κ1) is 28.9. The molecule has 4 heterocycles. The van der Waals surface area contributed by atoms with Crippen LogP contribution in [0, 0.1) is 18.3 Å². The molecule has 0 aliphatic carbocycles. The fourth-order valence-corrected chi connectivity index (χ4v) is 6.83. The van der Waals surface area contributed by atoms with Gasteiger partial charge in [0.15, 0.2) is 0 Å². The molecule has 2 saturated heterocycles. The largest absolute Gasteiger partial charge is 0.475 e. The van der Waals surface area contributed by atoms with Crippen LogP contribution in [0.1, 0.15) is 35.2 Å². The summed E-state index contributed by atoms with van der Waals surface area (Å²) < 4.78 is 19.0. The third-order valence-corrected chi connectivity index (χ3v) is 9.18. The topological polar surface area (TPSA) is 75.9 Å². The second-order valence-electron chi connectivity index (χ2n) is 11.8. The zero-order valence-corrected chi connectivity index (χ0v) is 25.1. The fourth-order valence-electron chi connectivity index (χ4n) is 6.83. The van der Waals surface area contributed by atoms with Crippen LogP contribution in [0.5, 0.6) is 5.88 Å². The Bertz CT molecular complexity index is 1570. The summed E-state index contributed by atoms with van der Waals surface area (Å²) in [6.07, 6.45) is 5.51. The van der Waals surface area contributed by atoms with E-state index in [-0.39, 0.29) is 5.91 Å². The van der Waals surface area contributed by atoms with E-state index in [4.69, 9.17) is 9.72 Å². The Kier molecular flexibility index (Phi) is 8.48. The van der Waals surface area contributed by atoms with Gasteiger partial charge in [-0.25, -0.2) is 9.37 Å². The van der Waals surface area contributed by atoms with Gasteiger partial charge < -0.3 is 24.3 Å². The third-order valence-electron chi connectivity index (χ3n) is 9.18. The summed E-state index contributed by atoms with van der Waals surface area (Å²) in [5.74, 6) is 0.220. The van der Waals surface area contributed by atoms with E-state index < -0.39 is 6.67 Å². The van der Waals surface area contributed by atoms with Gasteiger partial charge in [0.05, 0.1) is 17.9 Å². The predicted molar refractivity (Wildman–Crippen MR) is 167 cm³/mol. The molecule has 8 nitrogen and oxygen atoms in total. The summed E-state index contributed by atoms with van der Waals surface area (Å²) in [7, 11) is 2.12. The Morgan fingerprint density at radius 2 is 1.91 bits per heavy atom. The van der Waals surface area contributed by atoms with E-state index >= 15 is 0 Å². The van der Waals surface area contributed by atoms with Crippen LogP contribution in [0.2, 0.25) is 0 Å². The van der Waals surface area contributed by atoms with Crippen LogP contribution < -0.4 is 14.5 Å². The molecule has 43 heavy (non-hydrogen) atoms. The summed E-state index contributed by atoms with van der Waals surface area (Å²) in [6, 6.07) is 15.6. The molecule has 3 aliphatic heterocycles. The molecule has 0 unspecified atom stereocenters. The van der Waals surface area contributed by atoms with Crippen LogP contribution in [0.15, 0.2) is 48.6 Å². The molecule has 0 radical (unpaired) electrons. The molecule has 0 bridgehead atoms. The molecular formula is C34H39FN6O2. The smallest absolute Gasteiger partial charge is 0.246 e. The minimum atomic E-state index is -0.658. The SMILES string of the molecule is Cc1cccc2cccc(N3CCc4c(nc(OC[C@@H]5CCCN5C)c(C#N)c4N4CCN(C(=O)/C=C/CF)CC4)C3)c12. The zero-order chi connectivity index (χ0) is 29.9. The van der Waals surface area contributed by atoms with Gasteiger partial charge >= 0.3 is 0 Å². The molecule has 0 spiro atoms. The Hall–Kier alpha value is -4.16. The number of nitriles is 1. The maximum Gasteiger partial charge on any atom is 0.246 e. The number of amides is 1. The van der Waals surface area contributed by atoms with Gasteiger partial charge in [-0.15, -0.1) is 0 Å².